The van der Waals surface area contributed by atoms with Gasteiger partial charge in [-0.3, -0.25) is 9.67 Å². The number of nitrogens with one attached hydrogen (secondary N) is 1. The molecular formula is C13H10F4N4. The summed E-state index contributed by atoms with van der Waals surface area (Å²) in [6, 6.07) is 3.21. The molecule has 8 heteroatoms. The van der Waals surface area contributed by atoms with Gasteiger partial charge in [-0.2, -0.15) is 5.10 Å². The lowest BCUT2D eigenvalue weighted by atomic mass is 10.1. The van der Waals surface area contributed by atoms with Crippen LogP contribution in [0.25, 0.3) is 16.6 Å². The number of imidazole rings is 1. The second-order valence-corrected chi connectivity index (χ2v) is 4.59. The van der Waals surface area contributed by atoms with Gasteiger partial charge in [-0.1, -0.05) is 0 Å². The maximum atomic E-state index is 13.0. The van der Waals surface area contributed by atoms with E-state index in [2.05, 4.69) is 15.2 Å². The highest BCUT2D eigenvalue weighted by molar-refractivity contribution is 5.83. The molecule has 0 aliphatic carbocycles. The van der Waals surface area contributed by atoms with E-state index >= 15 is 0 Å². The third-order valence-corrected chi connectivity index (χ3v) is 3.18. The molecule has 0 bridgehead atoms. The summed E-state index contributed by atoms with van der Waals surface area (Å²) < 4.78 is 52.4. The molecule has 110 valence electrons. The highest BCUT2D eigenvalue weighted by atomic mass is 19.3. The van der Waals surface area contributed by atoms with E-state index in [0.29, 0.717) is 11.1 Å². The number of aromatic amines is 1. The van der Waals surface area contributed by atoms with Crippen molar-refractivity contribution in [3.8, 4) is 5.69 Å². The highest BCUT2D eigenvalue weighted by Gasteiger charge is 2.22. The summed E-state index contributed by atoms with van der Waals surface area (Å²) in [5.41, 5.74) is 1.21. The van der Waals surface area contributed by atoms with E-state index in [1.807, 2.05) is 0 Å². The molecule has 0 unspecified atom stereocenters. The van der Waals surface area contributed by atoms with Crippen LogP contribution in [0.15, 0.2) is 24.5 Å². The Morgan fingerprint density at radius 2 is 1.90 bits per heavy atom. The zero-order chi connectivity index (χ0) is 15.1. The van der Waals surface area contributed by atoms with Crippen molar-refractivity contribution in [1.29, 1.82) is 0 Å². The number of hydrogen-bond donors (Lipinski definition) is 1. The zero-order valence-electron chi connectivity index (χ0n) is 10.8. The summed E-state index contributed by atoms with van der Waals surface area (Å²) in [4.78, 5) is 3.32. The number of aromatic nitrogens is 4. The maximum Gasteiger partial charge on any atom is 0.295 e. The molecule has 0 aliphatic heterocycles. The average molecular weight is 298 g/mol. The van der Waals surface area contributed by atoms with Crippen molar-refractivity contribution in [1.82, 2.24) is 19.7 Å². The molecule has 0 atom stereocenters. The van der Waals surface area contributed by atoms with Gasteiger partial charge in [0.25, 0.3) is 12.9 Å². The molecule has 3 aromatic rings. The Morgan fingerprint density at radius 1 is 1.14 bits per heavy atom. The van der Waals surface area contributed by atoms with Gasteiger partial charge in [-0.15, -0.1) is 0 Å². The number of fused-ring (bicyclic) bond motifs is 1. The van der Waals surface area contributed by atoms with Gasteiger partial charge in [0, 0.05) is 17.3 Å². The Morgan fingerprint density at radius 3 is 2.57 bits per heavy atom. The number of aryl methyl sites for hydroxylation is 1. The van der Waals surface area contributed by atoms with E-state index in [4.69, 9.17) is 0 Å². The Hall–Kier alpha value is -2.38. The van der Waals surface area contributed by atoms with E-state index in [-0.39, 0.29) is 0 Å². The third-order valence-electron chi connectivity index (χ3n) is 3.18. The van der Waals surface area contributed by atoms with Crippen LogP contribution in [0.2, 0.25) is 0 Å². The second kappa shape index (κ2) is 4.87. The fourth-order valence-electron chi connectivity index (χ4n) is 2.23. The van der Waals surface area contributed by atoms with Gasteiger partial charge in [-0.25, -0.2) is 22.5 Å². The van der Waals surface area contributed by atoms with Crippen molar-refractivity contribution in [2.75, 3.05) is 0 Å². The molecule has 0 saturated carbocycles. The number of rotatable bonds is 3. The first-order chi connectivity index (χ1) is 9.97. The number of hydrogen-bond acceptors (Lipinski definition) is 2. The first kappa shape index (κ1) is 13.6. The van der Waals surface area contributed by atoms with Crippen LogP contribution < -0.4 is 0 Å². The molecule has 0 amide bonds. The average Bonchev–Trinajstić information content (AvgIpc) is 3.05. The Labute approximate surface area is 116 Å². The predicted octanol–water partition coefficient (Wildman–Crippen LogP) is 3.93. The second-order valence-electron chi connectivity index (χ2n) is 4.59. The number of nitrogens with zero attached hydrogens (tertiary/aromatic N) is 3. The van der Waals surface area contributed by atoms with E-state index in [9.17, 15) is 17.6 Å². The summed E-state index contributed by atoms with van der Waals surface area (Å²) in [6.07, 6.45) is -3.37. The quantitative estimate of drug-likeness (QED) is 0.745. The van der Waals surface area contributed by atoms with E-state index in [1.54, 1.807) is 25.3 Å². The number of H-pyrrole nitrogens is 1. The smallest absolute Gasteiger partial charge is 0.295 e. The molecule has 0 radical (unpaired) electrons. The topological polar surface area (TPSA) is 46.5 Å². The monoisotopic (exact) mass is 298 g/mol. The van der Waals surface area contributed by atoms with Gasteiger partial charge < -0.3 is 0 Å². The summed E-state index contributed by atoms with van der Waals surface area (Å²) in [6.45, 7) is 1.77. The summed E-state index contributed by atoms with van der Waals surface area (Å²) >= 11 is 0. The standard InChI is InChI=1S/C13H10F4N4/c1-6-2-8(3-7-4-18-20-10(6)7)21-5-9(11(14)15)19-13(21)12(16)17/h2-5,11-12H,1H3,(H,18,20). The maximum absolute atomic E-state index is 13.0. The molecule has 0 spiro atoms. The van der Waals surface area contributed by atoms with Crippen molar-refractivity contribution < 1.29 is 17.6 Å². The summed E-state index contributed by atoms with van der Waals surface area (Å²) in [5, 5.41) is 7.36. The fraction of sp³-hybridized carbons (Fsp3) is 0.231. The van der Waals surface area contributed by atoms with Crippen molar-refractivity contribution in [3.63, 3.8) is 0 Å². The van der Waals surface area contributed by atoms with E-state index in [1.165, 1.54) is 0 Å². The van der Waals surface area contributed by atoms with Crippen molar-refractivity contribution >= 4 is 10.9 Å². The van der Waals surface area contributed by atoms with Crippen LogP contribution in [0.5, 0.6) is 0 Å². The van der Waals surface area contributed by atoms with Crippen molar-refractivity contribution in [3.05, 3.63) is 41.6 Å². The third kappa shape index (κ3) is 2.26. The van der Waals surface area contributed by atoms with Gasteiger partial charge in [0.2, 0.25) is 0 Å². The minimum Gasteiger partial charge on any atom is -0.298 e. The SMILES string of the molecule is Cc1cc(-n2cc(C(F)F)nc2C(F)F)cc2cn[nH]c12. The van der Waals surface area contributed by atoms with Gasteiger partial charge in [-0.05, 0) is 24.6 Å². The largest absolute Gasteiger partial charge is 0.298 e. The van der Waals surface area contributed by atoms with E-state index < -0.39 is 24.4 Å². The highest BCUT2D eigenvalue weighted by Crippen LogP contribution is 2.28. The molecule has 21 heavy (non-hydrogen) atoms. The van der Waals surface area contributed by atoms with E-state index in [0.717, 1.165) is 21.8 Å². The first-order valence-corrected chi connectivity index (χ1v) is 6.07. The van der Waals surface area contributed by atoms with Gasteiger partial charge in [0.1, 0.15) is 5.69 Å². The van der Waals surface area contributed by atoms with Crippen molar-refractivity contribution in [2.45, 2.75) is 19.8 Å². The fourth-order valence-corrected chi connectivity index (χ4v) is 2.23. The van der Waals surface area contributed by atoms with Crippen molar-refractivity contribution in [2.24, 2.45) is 0 Å². The van der Waals surface area contributed by atoms with Gasteiger partial charge in [0.05, 0.1) is 11.7 Å². The van der Waals surface area contributed by atoms with Crippen LogP contribution in [-0.4, -0.2) is 19.7 Å². The minimum absolute atomic E-state index is 0.344. The number of alkyl halides is 4. The van der Waals surface area contributed by atoms with Crippen LogP contribution >= 0.6 is 0 Å². The lowest BCUT2D eigenvalue weighted by Crippen LogP contribution is -2.01. The molecular weight excluding hydrogens is 288 g/mol. The molecule has 1 aromatic carbocycles. The molecule has 0 fully saturated rings. The minimum atomic E-state index is -2.95. The molecule has 3 rings (SSSR count). The normalized spacial score (nSPS) is 12.0. The number of halogens is 4. The summed E-state index contributed by atoms with van der Waals surface area (Å²) in [5.74, 6) is -0.701. The van der Waals surface area contributed by atoms with Gasteiger partial charge >= 0.3 is 0 Å². The molecule has 2 aromatic heterocycles. The Bertz CT molecular complexity index is 791. The van der Waals surface area contributed by atoms with Crippen LogP contribution in [0.3, 0.4) is 0 Å². The summed E-state index contributed by atoms with van der Waals surface area (Å²) in [7, 11) is 0. The van der Waals surface area contributed by atoms with Crippen LogP contribution in [0, 0.1) is 6.92 Å². The Kier molecular flexibility index (Phi) is 3.15. The Balaban J connectivity index is 2.21. The van der Waals surface area contributed by atoms with Crippen LogP contribution in [0.4, 0.5) is 17.6 Å². The zero-order valence-corrected chi connectivity index (χ0v) is 10.8. The molecule has 0 aliphatic rings. The predicted molar refractivity (Wildman–Crippen MR) is 67.9 cm³/mol. The van der Waals surface area contributed by atoms with Crippen LogP contribution in [-0.2, 0) is 0 Å². The van der Waals surface area contributed by atoms with Gasteiger partial charge in [0.15, 0.2) is 5.82 Å². The van der Waals surface area contributed by atoms with Crippen LogP contribution in [0.1, 0.15) is 29.9 Å². The molecule has 1 N–H and O–H groups in total. The molecule has 0 saturated heterocycles. The first-order valence-electron chi connectivity index (χ1n) is 6.07. The lowest BCUT2D eigenvalue weighted by Gasteiger charge is -2.08. The lowest BCUT2D eigenvalue weighted by molar-refractivity contribution is 0.133. The molecule has 2 heterocycles. The number of benzene rings is 1. The molecule has 4 nitrogen and oxygen atoms in total.